The van der Waals surface area contributed by atoms with Gasteiger partial charge in [-0.2, -0.15) is 0 Å². The van der Waals surface area contributed by atoms with Crippen LogP contribution in [-0.2, 0) is 6.54 Å². The number of nitrogens with zero attached hydrogens (tertiary/aromatic N) is 2. The van der Waals surface area contributed by atoms with E-state index in [-0.39, 0.29) is 5.91 Å². The minimum atomic E-state index is 0.0177. The molecule has 24 heavy (non-hydrogen) atoms. The average molecular weight is 325 g/mol. The zero-order chi connectivity index (χ0) is 17.4. The van der Waals surface area contributed by atoms with Gasteiger partial charge in [-0.25, -0.2) is 4.98 Å². The molecular formula is C20H27N3O. The molecule has 0 atom stereocenters. The molecule has 1 aromatic heterocycles. The first-order chi connectivity index (χ1) is 11.7. The summed E-state index contributed by atoms with van der Waals surface area (Å²) < 4.78 is 0. The van der Waals surface area contributed by atoms with E-state index in [4.69, 9.17) is 0 Å². The number of anilines is 1. The van der Waals surface area contributed by atoms with Gasteiger partial charge in [0.1, 0.15) is 5.69 Å². The van der Waals surface area contributed by atoms with Gasteiger partial charge in [-0.3, -0.25) is 4.79 Å². The molecule has 0 aliphatic rings. The number of aryl methyl sites for hydroxylation is 1. The number of rotatable bonds is 8. The van der Waals surface area contributed by atoms with Crippen LogP contribution < -0.4 is 5.32 Å². The summed E-state index contributed by atoms with van der Waals surface area (Å²) in [6.07, 6.45) is 3.66. The summed E-state index contributed by atoms with van der Waals surface area (Å²) in [7, 11) is 0. The third kappa shape index (κ3) is 4.82. The quantitative estimate of drug-likeness (QED) is 0.788. The lowest BCUT2D eigenvalue weighted by Gasteiger charge is -2.21. The molecule has 0 fully saturated rings. The third-order valence-electron chi connectivity index (χ3n) is 4.00. The first kappa shape index (κ1) is 18.0. The molecule has 1 N–H and O–H groups in total. The third-order valence-corrected chi connectivity index (χ3v) is 4.00. The number of carbonyl (C=O) groups is 1. The van der Waals surface area contributed by atoms with Gasteiger partial charge in [0.05, 0.1) is 11.9 Å². The molecule has 1 aromatic carbocycles. The van der Waals surface area contributed by atoms with Gasteiger partial charge in [0.25, 0.3) is 5.91 Å². The van der Waals surface area contributed by atoms with Crippen molar-refractivity contribution >= 4 is 11.6 Å². The Kier molecular flexibility index (Phi) is 6.79. The zero-order valence-corrected chi connectivity index (χ0v) is 14.9. The molecule has 4 nitrogen and oxygen atoms in total. The predicted octanol–water partition coefficient (Wildman–Crippen LogP) is 4.26. The van der Waals surface area contributed by atoms with Crippen LogP contribution in [0.1, 0.15) is 48.3 Å². The summed E-state index contributed by atoms with van der Waals surface area (Å²) in [5.74, 6) is 0.0177. The molecule has 1 amide bonds. The molecule has 4 heteroatoms. The highest BCUT2D eigenvalue weighted by molar-refractivity contribution is 5.92. The largest absolute Gasteiger partial charge is 0.380 e. The maximum atomic E-state index is 12.5. The van der Waals surface area contributed by atoms with Crippen molar-refractivity contribution in [1.82, 2.24) is 9.88 Å². The van der Waals surface area contributed by atoms with Crippen molar-refractivity contribution in [3.63, 3.8) is 0 Å². The molecule has 0 aliphatic heterocycles. The van der Waals surface area contributed by atoms with E-state index in [0.29, 0.717) is 5.69 Å². The van der Waals surface area contributed by atoms with E-state index in [1.807, 2.05) is 23.1 Å². The van der Waals surface area contributed by atoms with Crippen LogP contribution in [0.15, 0.2) is 42.6 Å². The van der Waals surface area contributed by atoms with Crippen LogP contribution in [0.5, 0.6) is 0 Å². The normalized spacial score (nSPS) is 10.5. The van der Waals surface area contributed by atoms with Gasteiger partial charge in [-0.05, 0) is 43.0 Å². The average Bonchev–Trinajstić information content (AvgIpc) is 2.61. The van der Waals surface area contributed by atoms with Crippen LogP contribution in [0.3, 0.4) is 0 Å². The van der Waals surface area contributed by atoms with E-state index < -0.39 is 0 Å². The van der Waals surface area contributed by atoms with E-state index in [0.717, 1.165) is 38.2 Å². The highest BCUT2D eigenvalue weighted by Crippen LogP contribution is 2.13. The van der Waals surface area contributed by atoms with Gasteiger partial charge in [0.2, 0.25) is 0 Å². The molecule has 0 saturated heterocycles. The van der Waals surface area contributed by atoms with E-state index >= 15 is 0 Å². The summed E-state index contributed by atoms with van der Waals surface area (Å²) in [4.78, 5) is 18.7. The van der Waals surface area contributed by atoms with E-state index in [1.165, 1.54) is 11.1 Å². The Hall–Kier alpha value is -2.36. The lowest BCUT2D eigenvalue weighted by Crippen LogP contribution is -2.33. The second-order valence-electron chi connectivity index (χ2n) is 6.00. The van der Waals surface area contributed by atoms with Crippen molar-refractivity contribution in [2.45, 2.75) is 40.2 Å². The van der Waals surface area contributed by atoms with E-state index in [2.05, 4.69) is 43.2 Å². The second-order valence-corrected chi connectivity index (χ2v) is 6.00. The Morgan fingerprint density at radius 2 is 1.79 bits per heavy atom. The van der Waals surface area contributed by atoms with Crippen molar-refractivity contribution in [3.8, 4) is 0 Å². The van der Waals surface area contributed by atoms with Crippen molar-refractivity contribution in [3.05, 3.63) is 59.4 Å². The molecule has 2 aromatic rings. The first-order valence-electron chi connectivity index (χ1n) is 8.69. The molecule has 0 bridgehead atoms. The highest BCUT2D eigenvalue weighted by atomic mass is 16.2. The van der Waals surface area contributed by atoms with Gasteiger partial charge in [0, 0.05) is 19.6 Å². The van der Waals surface area contributed by atoms with Crippen LogP contribution in [0.4, 0.5) is 5.69 Å². The fourth-order valence-electron chi connectivity index (χ4n) is 2.65. The summed E-state index contributed by atoms with van der Waals surface area (Å²) in [6.45, 7) is 8.58. The van der Waals surface area contributed by atoms with Crippen LogP contribution in [0.25, 0.3) is 0 Å². The molecule has 2 rings (SSSR count). The number of carbonyl (C=O) groups excluding carboxylic acids is 1. The number of amides is 1. The molecular weight excluding hydrogens is 298 g/mol. The Morgan fingerprint density at radius 1 is 1.08 bits per heavy atom. The van der Waals surface area contributed by atoms with Crippen molar-refractivity contribution in [2.75, 3.05) is 18.4 Å². The molecule has 128 valence electrons. The number of hydrogen-bond acceptors (Lipinski definition) is 3. The van der Waals surface area contributed by atoms with Crippen LogP contribution in [0, 0.1) is 6.92 Å². The van der Waals surface area contributed by atoms with Gasteiger partial charge < -0.3 is 10.2 Å². The predicted molar refractivity (Wildman–Crippen MR) is 99.2 cm³/mol. The first-order valence-corrected chi connectivity index (χ1v) is 8.69. The Bertz CT molecular complexity index is 646. The zero-order valence-electron chi connectivity index (χ0n) is 14.9. The van der Waals surface area contributed by atoms with Crippen molar-refractivity contribution in [1.29, 1.82) is 0 Å². The minimum Gasteiger partial charge on any atom is -0.380 e. The molecule has 0 saturated carbocycles. The minimum absolute atomic E-state index is 0.0177. The highest BCUT2D eigenvalue weighted by Gasteiger charge is 2.15. The van der Waals surface area contributed by atoms with Gasteiger partial charge in [-0.15, -0.1) is 0 Å². The number of aromatic nitrogens is 1. The van der Waals surface area contributed by atoms with Crippen molar-refractivity contribution in [2.24, 2.45) is 0 Å². The van der Waals surface area contributed by atoms with Crippen LogP contribution in [0.2, 0.25) is 0 Å². The smallest absolute Gasteiger partial charge is 0.272 e. The molecule has 0 unspecified atom stereocenters. The number of pyridine rings is 1. The van der Waals surface area contributed by atoms with E-state index in [9.17, 15) is 4.79 Å². The van der Waals surface area contributed by atoms with E-state index in [1.54, 1.807) is 12.3 Å². The topological polar surface area (TPSA) is 45.2 Å². The summed E-state index contributed by atoms with van der Waals surface area (Å²) in [6, 6.07) is 12.0. The molecule has 0 spiro atoms. The number of benzene rings is 1. The summed E-state index contributed by atoms with van der Waals surface area (Å²) in [5, 5.41) is 3.36. The Morgan fingerprint density at radius 3 is 2.38 bits per heavy atom. The van der Waals surface area contributed by atoms with Crippen molar-refractivity contribution < 1.29 is 4.79 Å². The fourth-order valence-corrected chi connectivity index (χ4v) is 2.65. The SMILES string of the molecule is CCCN(CCC)C(=O)c1ccc(NCc2ccccc2C)cn1. The maximum absolute atomic E-state index is 12.5. The lowest BCUT2D eigenvalue weighted by molar-refractivity contribution is 0.0749. The Labute approximate surface area is 144 Å². The molecule has 1 heterocycles. The van der Waals surface area contributed by atoms with Gasteiger partial charge >= 0.3 is 0 Å². The molecule has 0 radical (unpaired) electrons. The lowest BCUT2D eigenvalue weighted by atomic mass is 10.1. The number of nitrogens with one attached hydrogen (secondary N) is 1. The standard InChI is InChI=1S/C20H27N3O/c1-4-12-23(13-5-2)20(24)19-11-10-18(15-22-19)21-14-17-9-7-6-8-16(17)3/h6-11,15,21H,4-5,12-14H2,1-3H3. The Balaban J connectivity index is 1.99. The van der Waals surface area contributed by atoms with Crippen LogP contribution in [-0.4, -0.2) is 28.9 Å². The summed E-state index contributed by atoms with van der Waals surface area (Å²) in [5.41, 5.74) is 3.96. The van der Waals surface area contributed by atoms with Gasteiger partial charge in [-0.1, -0.05) is 38.1 Å². The number of hydrogen-bond donors (Lipinski definition) is 1. The van der Waals surface area contributed by atoms with Gasteiger partial charge in [0.15, 0.2) is 0 Å². The second kappa shape index (κ2) is 9.06. The van der Waals surface area contributed by atoms with Crippen LogP contribution >= 0.6 is 0 Å². The monoisotopic (exact) mass is 325 g/mol. The fraction of sp³-hybridized carbons (Fsp3) is 0.400. The maximum Gasteiger partial charge on any atom is 0.272 e. The molecule has 0 aliphatic carbocycles. The summed E-state index contributed by atoms with van der Waals surface area (Å²) >= 11 is 0.